The lowest BCUT2D eigenvalue weighted by Gasteiger charge is -2.39. The van der Waals surface area contributed by atoms with Gasteiger partial charge in [-0.2, -0.15) is 0 Å². The number of hydrogen-bond donors (Lipinski definition) is 8. The van der Waals surface area contributed by atoms with E-state index < -0.39 is 48.2 Å². The topological polar surface area (TPSA) is 180 Å². The van der Waals surface area contributed by atoms with E-state index in [1.807, 2.05) is 0 Å². The molecule has 10 nitrogen and oxygen atoms in total. The third kappa shape index (κ3) is 4.32. The maximum atomic E-state index is 9.19. The first kappa shape index (κ1) is 19.6. The molecule has 22 heavy (non-hydrogen) atoms. The van der Waals surface area contributed by atoms with Crippen molar-refractivity contribution in [3.05, 3.63) is 0 Å². The van der Waals surface area contributed by atoms with E-state index in [9.17, 15) is 10.2 Å². The van der Waals surface area contributed by atoms with Crippen LogP contribution in [0.15, 0.2) is 0 Å². The zero-order valence-electron chi connectivity index (χ0n) is 12.3. The van der Waals surface area contributed by atoms with Crippen molar-refractivity contribution < 1.29 is 50.3 Å². The van der Waals surface area contributed by atoms with Crippen molar-refractivity contribution in [2.45, 2.75) is 62.0 Å². The number of rotatable bonds is 0. The van der Waals surface area contributed by atoms with Gasteiger partial charge in [-0.15, -0.1) is 0 Å². The first-order chi connectivity index (χ1) is 9.90. The highest BCUT2D eigenvalue weighted by Gasteiger charge is 2.45. The highest BCUT2D eigenvalue weighted by Crippen LogP contribution is 2.23. The van der Waals surface area contributed by atoms with Crippen LogP contribution in [0.3, 0.4) is 0 Å². The smallest absolute Gasteiger partial charge is 0.191 e. The summed E-state index contributed by atoms with van der Waals surface area (Å²) in [5.74, 6) is -3.53. The Kier molecular flexibility index (Phi) is 6.26. The molecule has 0 unspecified atom stereocenters. The molecule has 8 atom stereocenters. The Labute approximate surface area is 126 Å². The van der Waals surface area contributed by atoms with Gasteiger partial charge in [-0.05, 0) is 13.8 Å². The highest BCUT2D eigenvalue weighted by molar-refractivity contribution is 4.89. The molecule has 0 aromatic heterocycles. The molecule has 2 fully saturated rings. The number of ether oxygens (including phenoxy) is 2. The summed E-state index contributed by atoms with van der Waals surface area (Å²) < 4.78 is 9.31. The Hall–Kier alpha value is -0.400. The van der Waals surface area contributed by atoms with Crippen molar-refractivity contribution in [2.24, 2.45) is 0 Å². The van der Waals surface area contributed by atoms with Gasteiger partial charge >= 0.3 is 0 Å². The molecule has 2 rings (SSSR count). The lowest BCUT2D eigenvalue weighted by Crippen LogP contribution is -2.59. The fraction of sp³-hybridized carbons (Fsp3) is 1.00. The maximum absolute atomic E-state index is 9.19. The average Bonchev–Trinajstić information content (AvgIpc) is 2.45. The van der Waals surface area contributed by atoms with Crippen LogP contribution in [0.4, 0.5) is 0 Å². The summed E-state index contributed by atoms with van der Waals surface area (Å²) in [6, 6.07) is 0. The van der Waals surface area contributed by atoms with Crippen LogP contribution >= 0.6 is 0 Å². The summed E-state index contributed by atoms with van der Waals surface area (Å²) in [5.41, 5.74) is 0. The van der Waals surface area contributed by atoms with E-state index in [1.54, 1.807) is 0 Å². The van der Waals surface area contributed by atoms with Crippen molar-refractivity contribution in [3.63, 3.8) is 0 Å². The van der Waals surface area contributed by atoms with Crippen LogP contribution in [0.25, 0.3) is 0 Å². The van der Waals surface area contributed by atoms with Gasteiger partial charge in [-0.25, -0.2) is 0 Å². The van der Waals surface area contributed by atoms with E-state index in [0.29, 0.717) is 0 Å². The molecule has 0 bridgehead atoms. The molecule has 0 aromatic carbocycles. The number of aliphatic hydroxyl groups is 8. The summed E-state index contributed by atoms with van der Waals surface area (Å²) in [6.07, 6.45) is -7.90. The number of hydrogen-bond acceptors (Lipinski definition) is 10. The predicted octanol–water partition coefficient (Wildman–Crippen LogP) is -4.38. The summed E-state index contributed by atoms with van der Waals surface area (Å²) in [5, 5.41) is 72.5. The van der Waals surface area contributed by atoms with E-state index in [2.05, 4.69) is 9.47 Å². The largest absolute Gasteiger partial charge is 0.388 e. The van der Waals surface area contributed by atoms with Crippen molar-refractivity contribution in [2.75, 3.05) is 13.2 Å². The van der Waals surface area contributed by atoms with Gasteiger partial charge in [-0.1, -0.05) is 0 Å². The molecule has 0 aliphatic carbocycles. The minimum Gasteiger partial charge on any atom is -0.388 e. The quantitative estimate of drug-likeness (QED) is 0.216. The van der Waals surface area contributed by atoms with Gasteiger partial charge in [0.15, 0.2) is 11.6 Å². The van der Waals surface area contributed by atoms with Crippen LogP contribution in [-0.2, 0) is 9.47 Å². The third-order valence-electron chi connectivity index (χ3n) is 3.63. The van der Waals surface area contributed by atoms with E-state index >= 15 is 0 Å². The predicted molar refractivity (Wildman–Crippen MR) is 69.2 cm³/mol. The summed E-state index contributed by atoms with van der Waals surface area (Å²) >= 11 is 0. The second-order valence-corrected chi connectivity index (χ2v) is 5.74. The Morgan fingerprint density at radius 2 is 0.955 bits per heavy atom. The Balaban J connectivity index is 0.000000220. The Morgan fingerprint density at radius 1 is 0.682 bits per heavy atom. The first-order valence-electron chi connectivity index (χ1n) is 6.71. The molecule has 0 aromatic rings. The molecule has 132 valence electrons. The minimum atomic E-state index is -1.77. The van der Waals surface area contributed by atoms with Gasteiger partial charge in [0, 0.05) is 0 Å². The second-order valence-electron chi connectivity index (χ2n) is 5.74. The van der Waals surface area contributed by atoms with Gasteiger partial charge < -0.3 is 50.3 Å². The Bertz CT molecular complexity index is 326. The SMILES string of the molecule is C[C@@]1(O)OC[C@@H](O)[C@H](O)[C@H]1O.C[C@@]1(O)OC[C@@H](O)[C@H](O)[C@H]1O. The van der Waals surface area contributed by atoms with Crippen LogP contribution in [0.2, 0.25) is 0 Å². The van der Waals surface area contributed by atoms with Crippen LogP contribution in [-0.4, -0.2) is 102 Å². The van der Waals surface area contributed by atoms with Crippen LogP contribution in [0.5, 0.6) is 0 Å². The molecule has 10 heteroatoms. The molecule has 8 N–H and O–H groups in total. The van der Waals surface area contributed by atoms with E-state index in [1.165, 1.54) is 13.8 Å². The standard InChI is InChI=1S/2C6H12O5/c2*1-6(10)5(9)4(8)3(7)2-11-6/h2*3-5,7-10H,2H2,1H3/t2*3-,4+,5-,6-/m11/s1. The van der Waals surface area contributed by atoms with E-state index in [4.69, 9.17) is 30.6 Å². The van der Waals surface area contributed by atoms with Gasteiger partial charge in [-0.3, -0.25) is 0 Å². The van der Waals surface area contributed by atoms with Gasteiger partial charge in [0.25, 0.3) is 0 Å². The lowest BCUT2D eigenvalue weighted by atomic mass is 9.98. The van der Waals surface area contributed by atoms with Crippen molar-refractivity contribution in [1.82, 2.24) is 0 Å². The molecule has 2 heterocycles. The lowest BCUT2D eigenvalue weighted by molar-refractivity contribution is -0.312. The third-order valence-corrected chi connectivity index (χ3v) is 3.63. The van der Waals surface area contributed by atoms with Gasteiger partial charge in [0.1, 0.15) is 36.6 Å². The summed E-state index contributed by atoms with van der Waals surface area (Å²) in [7, 11) is 0. The zero-order chi connectivity index (χ0) is 17.3. The molecule has 0 amide bonds. The second kappa shape index (κ2) is 7.01. The maximum Gasteiger partial charge on any atom is 0.191 e. The summed E-state index contributed by atoms with van der Waals surface area (Å²) in [4.78, 5) is 0. The fourth-order valence-electron chi connectivity index (χ4n) is 1.93. The van der Waals surface area contributed by atoms with Crippen molar-refractivity contribution in [1.29, 1.82) is 0 Å². The van der Waals surface area contributed by atoms with Crippen molar-refractivity contribution in [3.8, 4) is 0 Å². The molecular formula is C12H24O10. The van der Waals surface area contributed by atoms with E-state index in [0.717, 1.165) is 0 Å². The fourth-order valence-corrected chi connectivity index (χ4v) is 1.93. The first-order valence-corrected chi connectivity index (χ1v) is 6.71. The Morgan fingerprint density at radius 3 is 1.18 bits per heavy atom. The number of aliphatic hydroxyl groups excluding tert-OH is 6. The minimum absolute atomic E-state index is 0.175. The highest BCUT2D eigenvalue weighted by atomic mass is 16.7. The van der Waals surface area contributed by atoms with Gasteiger partial charge in [0.05, 0.1) is 13.2 Å². The normalized spacial score (nSPS) is 52.6. The van der Waals surface area contributed by atoms with Gasteiger partial charge in [0.2, 0.25) is 0 Å². The van der Waals surface area contributed by atoms with Crippen LogP contribution < -0.4 is 0 Å². The average molecular weight is 328 g/mol. The molecule has 0 spiro atoms. The molecule has 0 radical (unpaired) electrons. The molecular weight excluding hydrogens is 304 g/mol. The monoisotopic (exact) mass is 328 g/mol. The van der Waals surface area contributed by atoms with Crippen molar-refractivity contribution >= 4 is 0 Å². The molecule has 2 saturated heterocycles. The molecule has 2 aliphatic heterocycles. The zero-order valence-corrected chi connectivity index (χ0v) is 12.3. The summed E-state index contributed by atoms with van der Waals surface area (Å²) in [6.45, 7) is 2.11. The van der Waals surface area contributed by atoms with Crippen LogP contribution in [0, 0.1) is 0 Å². The van der Waals surface area contributed by atoms with Crippen LogP contribution in [0.1, 0.15) is 13.8 Å². The molecule has 2 aliphatic rings. The molecule has 0 saturated carbocycles. The van der Waals surface area contributed by atoms with E-state index in [-0.39, 0.29) is 13.2 Å².